The van der Waals surface area contributed by atoms with Crippen molar-refractivity contribution in [2.24, 2.45) is 5.41 Å². The highest BCUT2D eigenvalue weighted by Gasteiger charge is 2.60. The number of benzene rings is 1. The Morgan fingerprint density at radius 2 is 1.77 bits per heavy atom. The van der Waals surface area contributed by atoms with Crippen LogP contribution in [0.4, 0.5) is 0 Å². The summed E-state index contributed by atoms with van der Waals surface area (Å²) < 4.78 is 23.9. The van der Waals surface area contributed by atoms with Gasteiger partial charge >= 0.3 is 11.9 Å². The zero-order valence-electron chi connectivity index (χ0n) is 20.7. The van der Waals surface area contributed by atoms with Crippen LogP contribution in [0.15, 0.2) is 30.3 Å². The van der Waals surface area contributed by atoms with Crippen molar-refractivity contribution in [1.82, 2.24) is 0 Å². The van der Waals surface area contributed by atoms with Crippen LogP contribution in [0.25, 0.3) is 0 Å². The highest BCUT2D eigenvalue weighted by Crippen LogP contribution is 2.54. The van der Waals surface area contributed by atoms with Crippen LogP contribution in [-0.2, 0) is 35.0 Å². The van der Waals surface area contributed by atoms with Crippen LogP contribution in [-0.4, -0.2) is 58.6 Å². The summed E-state index contributed by atoms with van der Waals surface area (Å²) in [5.41, 5.74) is 0.816. The van der Waals surface area contributed by atoms with Gasteiger partial charge in [0.05, 0.1) is 25.6 Å². The van der Waals surface area contributed by atoms with Crippen molar-refractivity contribution < 1.29 is 38.7 Å². The molecule has 3 fully saturated rings. The monoisotopic (exact) mass is 490 g/mol. The van der Waals surface area contributed by atoms with Gasteiger partial charge in [0.1, 0.15) is 12.2 Å². The van der Waals surface area contributed by atoms with Crippen LogP contribution in [0.5, 0.6) is 0 Å². The average Bonchev–Trinajstić information content (AvgIpc) is 2.79. The van der Waals surface area contributed by atoms with Crippen molar-refractivity contribution in [2.45, 2.75) is 108 Å². The lowest BCUT2D eigenvalue weighted by Crippen LogP contribution is -2.64. The van der Waals surface area contributed by atoms with Gasteiger partial charge in [-0.2, -0.15) is 0 Å². The standard InChI is InChI=1S/C27H38O8/c1-25(2)12-13-26(31)17-24(30)33-22(18-28)15-23(29)32-21-14-20(34-27(25,16-21)35-26)11-7-6-10-19-8-4-3-5-9-19/h3-5,8-9,20-22,28,31H,6-7,10-18H2,1-2H3/t20-,21-,22-,26-,27+/m1/s1. The first kappa shape index (κ1) is 26.1. The fraction of sp³-hybridized carbons (Fsp3) is 0.704. The maximum Gasteiger partial charge on any atom is 0.311 e. The van der Waals surface area contributed by atoms with Crippen molar-refractivity contribution in [3.8, 4) is 0 Å². The van der Waals surface area contributed by atoms with Gasteiger partial charge in [0.2, 0.25) is 0 Å². The molecule has 1 aromatic carbocycles. The van der Waals surface area contributed by atoms with Crippen molar-refractivity contribution in [3.05, 3.63) is 35.9 Å². The minimum absolute atomic E-state index is 0.220. The molecule has 1 aromatic rings. The molecular weight excluding hydrogens is 452 g/mol. The van der Waals surface area contributed by atoms with Crippen LogP contribution in [0.1, 0.15) is 77.2 Å². The normalized spacial score (nSPS) is 35.3. The number of cyclic esters (lactones) is 1. The molecule has 3 heterocycles. The Kier molecular flexibility index (Phi) is 7.86. The Morgan fingerprint density at radius 3 is 2.51 bits per heavy atom. The second-order valence-corrected chi connectivity index (χ2v) is 10.9. The molecule has 8 nitrogen and oxygen atoms in total. The number of aliphatic hydroxyl groups excluding tert-OH is 1. The lowest BCUT2D eigenvalue weighted by molar-refractivity contribution is -0.431. The number of rotatable bonds is 6. The maximum absolute atomic E-state index is 12.6. The van der Waals surface area contributed by atoms with Crippen LogP contribution in [0.2, 0.25) is 0 Å². The average molecular weight is 491 g/mol. The maximum atomic E-state index is 12.6. The lowest BCUT2D eigenvalue weighted by atomic mass is 9.71. The highest BCUT2D eigenvalue weighted by molar-refractivity contribution is 5.73. The van der Waals surface area contributed by atoms with Crippen LogP contribution >= 0.6 is 0 Å². The summed E-state index contributed by atoms with van der Waals surface area (Å²) in [6.45, 7) is 3.54. The number of esters is 2. The van der Waals surface area contributed by atoms with Crippen LogP contribution < -0.4 is 0 Å². The molecule has 0 saturated carbocycles. The molecule has 0 amide bonds. The van der Waals surface area contributed by atoms with Gasteiger partial charge in [-0.1, -0.05) is 50.6 Å². The zero-order chi connectivity index (χ0) is 25.1. The molecule has 1 spiro atoms. The van der Waals surface area contributed by atoms with E-state index in [1.165, 1.54) is 5.56 Å². The zero-order valence-corrected chi connectivity index (χ0v) is 20.7. The summed E-state index contributed by atoms with van der Waals surface area (Å²) >= 11 is 0. The van der Waals surface area contributed by atoms with Crippen LogP contribution in [0.3, 0.4) is 0 Å². The lowest BCUT2D eigenvalue weighted by Gasteiger charge is -2.58. The number of carbonyl (C=O) groups excluding carboxylic acids is 2. The Morgan fingerprint density at radius 1 is 1.00 bits per heavy atom. The number of aryl methyl sites for hydroxylation is 1. The molecule has 0 aliphatic carbocycles. The summed E-state index contributed by atoms with van der Waals surface area (Å²) in [6.07, 6.45) is 2.93. The fourth-order valence-corrected chi connectivity index (χ4v) is 5.49. The Bertz CT molecular complexity index is 886. The predicted molar refractivity (Wildman–Crippen MR) is 126 cm³/mol. The molecule has 8 heteroatoms. The summed E-state index contributed by atoms with van der Waals surface area (Å²) in [6, 6.07) is 10.3. The summed E-state index contributed by atoms with van der Waals surface area (Å²) in [7, 11) is 0. The Balaban J connectivity index is 1.52. The minimum Gasteiger partial charge on any atom is -0.462 e. The van der Waals surface area contributed by atoms with Gasteiger partial charge in [-0.05, 0) is 31.2 Å². The van der Waals surface area contributed by atoms with Gasteiger partial charge in [-0.25, -0.2) is 0 Å². The van der Waals surface area contributed by atoms with E-state index in [0.717, 1.165) is 25.7 Å². The topological polar surface area (TPSA) is 112 Å². The van der Waals surface area contributed by atoms with Crippen molar-refractivity contribution in [2.75, 3.05) is 6.61 Å². The molecule has 194 valence electrons. The first-order chi connectivity index (χ1) is 16.6. The molecule has 0 unspecified atom stereocenters. The number of fused-ring (bicyclic) bond motifs is 2. The minimum atomic E-state index is -1.75. The molecule has 3 aliphatic rings. The van der Waals surface area contributed by atoms with E-state index in [0.29, 0.717) is 12.8 Å². The molecule has 3 saturated heterocycles. The molecule has 2 N–H and O–H groups in total. The van der Waals surface area contributed by atoms with Crippen molar-refractivity contribution in [3.63, 3.8) is 0 Å². The molecule has 5 atom stereocenters. The molecule has 0 radical (unpaired) electrons. The summed E-state index contributed by atoms with van der Waals surface area (Å²) in [5, 5.41) is 20.8. The SMILES string of the molecule is CC1(C)CC[C@]2(O)CC(=O)O[C@@H](CO)CC(=O)O[C@@H]3C[C@@H](CCCCc4ccccc4)O[C@@]1(C3)O2. The van der Waals surface area contributed by atoms with E-state index in [1.807, 2.05) is 32.0 Å². The molecular formula is C27H38O8. The Labute approximate surface area is 206 Å². The van der Waals surface area contributed by atoms with Crippen molar-refractivity contribution >= 4 is 11.9 Å². The number of aliphatic hydroxyl groups is 2. The van der Waals surface area contributed by atoms with Gasteiger partial charge in [-0.15, -0.1) is 0 Å². The van der Waals surface area contributed by atoms with Crippen LogP contribution in [0, 0.1) is 5.41 Å². The number of ether oxygens (including phenoxy) is 4. The molecule has 3 aliphatic heterocycles. The molecule has 3 bridgehead atoms. The van der Waals surface area contributed by atoms with E-state index < -0.39 is 54.2 Å². The second-order valence-electron chi connectivity index (χ2n) is 10.9. The molecule has 35 heavy (non-hydrogen) atoms. The molecule has 0 aromatic heterocycles. The number of hydrogen-bond acceptors (Lipinski definition) is 8. The van der Waals surface area contributed by atoms with E-state index in [9.17, 15) is 19.8 Å². The highest BCUT2D eigenvalue weighted by atomic mass is 16.8. The predicted octanol–water partition coefficient (Wildman–Crippen LogP) is 3.41. The van der Waals surface area contributed by atoms with Crippen molar-refractivity contribution in [1.29, 1.82) is 0 Å². The third-order valence-corrected chi connectivity index (χ3v) is 7.60. The smallest absolute Gasteiger partial charge is 0.311 e. The van der Waals surface area contributed by atoms with E-state index >= 15 is 0 Å². The third kappa shape index (κ3) is 6.23. The van der Waals surface area contributed by atoms with E-state index in [2.05, 4.69) is 12.1 Å². The van der Waals surface area contributed by atoms with E-state index in [-0.39, 0.29) is 25.4 Å². The number of unbranched alkanes of at least 4 members (excludes halogenated alkanes) is 1. The van der Waals surface area contributed by atoms with Gasteiger partial charge in [0, 0.05) is 24.7 Å². The fourth-order valence-electron chi connectivity index (χ4n) is 5.49. The Hall–Kier alpha value is -2.00. The van der Waals surface area contributed by atoms with Gasteiger partial charge in [-0.3, -0.25) is 9.59 Å². The second kappa shape index (κ2) is 10.5. The van der Waals surface area contributed by atoms with E-state index in [1.54, 1.807) is 0 Å². The quantitative estimate of drug-likeness (QED) is 0.461. The summed E-state index contributed by atoms with van der Waals surface area (Å²) in [4.78, 5) is 25.1. The third-order valence-electron chi connectivity index (χ3n) is 7.60. The first-order valence-electron chi connectivity index (χ1n) is 12.8. The van der Waals surface area contributed by atoms with E-state index in [4.69, 9.17) is 18.9 Å². The number of carbonyl (C=O) groups is 2. The van der Waals surface area contributed by atoms with Gasteiger partial charge < -0.3 is 29.2 Å². The van der Waals surface area contributed by atoms with Gasteiger partial charge in [0.25, 0.3) is 0 Å². The number of hydrogen-bond donors (Lipinski definition) is 2. The van der Waals surface area contributed by atoms with Gasteiger partial charge in [0.15, 0.2) is 11.6 Å². The molecule has 4 rings (SSSR count). The largest absolute Gasteiger partial charge is 0.462 e. The first-order valence-corrected chi connectivity index (χ1v) is 12.8. The summed E-state index contributed by atoms with van der Waals surface area (Å²) in [5.74, 6) is -4.23.